The zero-order chi connectivity index (χ0) is 42.9. The molecule has 1 aliphatic carbocycles. The molecule has 2 aliphatic heterocycles. The Morgan fingerprint density at radius 3 is 2.70 bits per heavy atom. The number of hydrogen-bond acceptors (Lipinski definition) is 12. The van der Waals surface area contributed by atoms with Crippen LogP contribution in [0.4, 0.5) is 0 Å². The van der Waals surface area contributed by atoms with Crippen LogP contribution >= 0.6 is 11.3 Å². The third-order valence-electron chi connectivity index (χ3n) is 12.1. The first-order chi connectivity index (χ1) is 28.8. The largest absolute Gasteiger partial charge is 0.464 e. The minimum absolute atomic E-state index is 0.103. The summed E-state index contributed by atoms with van der Waals surface area (Å²) in [5, 5.41) is 7.99. The smallest absolute Gasteiger partial charge is 0.324 e. The number of amides is 2. The molecule has 2 fully saturated rings. The Hall–Kier alpha value is -4.96. The van der Waals surface area contributed by atoms with Crippen molar-refractivity contribution in [3.05, 3.63) is 76.5 Å². The van der Waals surface area contributed by atoms with E-state index in [4.69, 9.17) is 28.6 Å². The first-order valence-electron chi connectivity index (χ1n) is 20.8. The molecule has 1 aromatic carbocycles. The molecule has 7 atom stereocenters. The van der Waals surface area contributed by atoms with Crippen LogP contribution in [-0.4, -0.2) is 88.6 Å². The molecule has 6 bridgehead atoms. The Morgan fingerprint density at radius 2 is 2.03 bits per heavy atom. The van der Waals surface area contributed by atoms with E-state index in [9.17, 15) is 14.4 Å². The van der Waals surface area contributed by atoms with Crippen molar-refractivity contribution in [2.75, 3.05) is 26.9 Å². The monoisotopic (exact) mass is 839 g/mol. The van der Waals surface area contributed by atoms with Gasteiger partial charge in [-0.3, -0.25) is 24.4 Å². The first kappa shape index (κ1) is 43.1. The van der Waals surface area contributed by atoms with E-state index in [0.717, 1.165) is 33.3 Å². The fraction of sp³-hybridized carbons (Fsp3) is 0.511. The van der Waals surface area contributed by atoms with Crippen molar-refractivity contribution in [1.29, 1.82) is 0 Å². The number of carbonyl (C=O) groups is 3. The number of aliphatic imine (C=N–C) groups is 1. The first-order valence-corrected chi connectivity index (χ1v) is 21.7. The molecule has 7 rings (SSSR count). The Balaban J connectivity index is 1.44. The van der Waals surface area contributed by atoms with Crippen LogP contribution in [0.15, 0.2) is 63.9 Å². The van der Waals surface area contributed by atoms with Crippen LogP contribution in [0.3, 0.4) is 0 Å². The molecular weight excluding hydrogens is 783 g/mol. The second kappa shape index (κ2) is 17.9. The quantitative estimate of drug-likeness (QED) is 0.0923. The van der Waals surface area contributed by atoms with Crippen LogP contribution in [-0.2, 0) is 41.6 Å². The lowest BCUT2D eigenvalue weighted by Gasteiger charge is -2.37. The number of ether oxygens (including phenoxy) is 3. The van der Waals surface area contributed by atoms with Crippen molar-refractivity contribution in [3.8, 4) is 11.3 Å². The Morgan fingerprint density at radius 1 is 1.25 bits per heavy atom. The van der Waals surface area contributed by atoms with E-state index < -0.39 is 35.5 Å². The van der Waals surface area contributed by atoms with Gasteiger partial charge in [0.2, 0.25) is 5.91 Å². The van der Waals surface area contributed by atoms with E-state index in [1.807, 2.05) is 52.1 Å². The summed E-state index contributed by atoms with van der Waals surface area (Å²) in [4.78, 5) is 56.3. The van der Waals surface area contributed by atoms with Gasteiger partial charge in [0, 0.05) is 65.2 Å². The Labute approximate surface area is 355 Å². The number of hydrazine groups is 1. The maximum absolute atomic E-state index is 14.6. The number of nitrogens with one attached hydrogen (secondary N) is 2. The van der Waals surface area contributed by atoms with Gasteiger partial charge in [0.1, 0.15) is 29.0 Å². The lowest BCUT2D eigenvalue weighted by molar-refractivity contribution is -0.156. The molecule has 320 valence electrons. The standard InChI is InChI=1S/C45H57N7O7S/c1-10-30(37(47-11-2)27(6)56-9)39-32-19-45(7,8)23-58-44(55)33-14-13-17-52(50-33)43(54)38(49-41(53)36-25(4)26(36)5)40(57-12-3)42-48-34(22-60-42)28-15-16-35(31(32)18-28)51(39)21-29-20-46-24-59-29/h10-11,15-16,18,20,22,24-27,33,36,38,40,50H,1,12-14,17,19,21,23H2,2-9H3,(H,49,53)/b37-30+,47-11-/t25-,26+,27-,33-,36+,38-,40-/m0/s1. The summed E-state index contributed by atoms with van der Waals surface area (Å²) in [5.41, 5.74) is 8.44. The molecule has 2 amide bonds. The number of rotatable bonds is 11. The van der Waals surface area contributed by atoms with Gasteiger partial charge in [0.25, 0.3) is 5.91 Å². The van der Waals surface area contributed by atoms with Crippen LogP contribution in [0.5, 0.6) is 0 Å². The average molecular weight is 840 g/mol. The van der Waals surface area contributed by atoms with Gasteiger partial charge in [0.15, 0.2) is 6.39 Å². The number of aromatic nitrogens is 3. The third kappa shape index (κ3) is 8.63. The normalized spacial score (nSPS) is 25.4. The van der Waals surface area contributed by atoms with E-state index in [1.165, 1.54) is 22.7 Å². The van der Waals surface area contributed by atoms with E-state index in [-0.39, 0.29) is 43.0 Å². The second-order valence-electron chi connectivity index (χ2n) is 16.8. The number of oxazole rings is 1. The number of benzene rings is 1. The number of allylic oxidation sites excluding steroid dienone is 2. The van der Waals surface area contributed by atoms with E-state index in [2.05, 4.69) is 52.9 Å². The van der Waals surface area contributed by atoms with Crippen LogP contribution in [0.25, 0.3) is 27.7 Å². The highest BCUT2D eigenvalue weighted by Gasteiger charge is 2.50. The van der Waals surface area contributed by atoms with Gasteiger partial charge in [-0.1, -0.05) is 46.4 Å². The molecule has 1 saturated heterocycles. The molecule has 60 heavy (non-hydrogen) atoms. The maximum atomic E-state index is 14.6. The fourth-order valence-electron chi connectivity index (χ4n) is 8.55. The molecule has 1 saturated carbocycles. The van der Waals surface area contributed by atoms with Crippen LogP contribution in [0.2, 0.25) is 0 Å². The summed E-state index contributed by atoms with van der Waals surface area (Å²) in [7, 11) is 1.66. The highest BCUT2D eigenvalue weighted by atomic mass is 32.1. The molecule has 5 heterocycles. The molecule has 2 N–H and O–H groups in total. The molecule has 15 heteroatoms. The summed E-state index contributed by atoms with van der Waals surface area (Å²) in [6.45, 7) is 19.3. The van der Waals surface area contributed by atoms with Gasteiger partial charge < -0.3 is 28.5 Å². The SMILES string of the molecule is C=C/C(=C(\N=C/C)[C@H](C)OC)c1c2c3cc(ccc3n1Cc1cnco1)-c1csc(n1)[C@@H](OCC)[C@H](NC(=O)[C@H]1[C@H](C)[C@@H]1C)C(=O)N1CCC[C@H](N1)C(=O)OCC(C)(C)C2. The second-order valence-corrected chi connectivity index (χ2v) is 17.7. The topological polar surface area (TPSA) is 162 Å². The predicted octanol–water partition coefficient (Wildman–Crippen LogP) is 6.91. The van der Waals surface area contributed by atoms with Gasteiger partial charge in [-0.2, -0.15) is 0 Å². The lowest BCUT2D eigenvalue weighted by Crippen LogP contribution is -2.61. The van der Waals surface area contributed by atoms with Crippen LogP contribution in [0, 0.1) is 23.2 Å². The average Bonchev–Trinajstić information content (AvgIpc) is 3.73. The fourth-order valence-corrected chi connectivity index (χ4v) is 9.46. The molecule has 0 unspecified atom stereocenters. The highest BCUT2D eigenvalue weighted by molar-refractivity contribution is 7.10. The number of methoxy groups -OCH3 is 1. The number of cyclic esters (lactones) is 1. The number of fused-ring (bicyclic) bond motifs is 6. The Bertz CT molecular complexity index is 2280. The summed E-state index contributed by atoms with van der Waals surface area (Å²) >= 11 is 1.38. The minimum Gasteiger partial charge on any atom is -0.464 e. The van der Waals surface area contributed by atoms with Crippen molar-refractivity contribution >= 4 is 51.8 Å². The number of esters is 1. The zero-order valence-electron chi connectivity index (χ0n) is 35.8. The van der Waals surface area contributed by atoms with Gasteiger partial charge in [-0.25, -0.2) is 15.4 Å². The van der Waals surface area contributed by atoms with Gasteiger partial charge in [-0.05, 0) is 69.6 Å². The molecule has 0 radical (unpaired) electrons. The minimum atomic E-state index is -1.10. The third-order valence-corrected chi connectivity index (χ3v) is 13.0. The van der Waals surface area contributed by atoms with Crippen molar-refractivity contribution in [2.45, 2.75) is 98.6 Å². The molecule has 0 spiro atoms. The lowest BCUT2D eigenvalue weighted by atomic mass is 9.84. The number of carbonyl (C=O) groups excluding carboxylic acids is 3. The molecule has 3 aromatic heterocycles. The summed E-state index contributed by atoms with van der Waals surface area (Å²) in [6.07, 6.45) is 6.98. The van der Waals surface area contributed by atoms with E-state index in [0.29, 0.717) is 54.5 Å². The maximum Gasteiger partial charge on any atom is 0.324 e. The summed E-state index contributed by atoms with van der Waals surface area (Å²) in [5.74, 6) is -0.196. The van der Waals surface area contributed by atoms with Crippen molar-refractivity contribution in [1.82, 2.24) is 30.3 Å². The van der Waals surface area contributed by atoms with Crippen molar-refractivity contribution in [3.63, 3.8) is 0 Å². The van der Waals surface area contributed by atoms with Crippen molar-refractivity contribution < 1.29 is 33.0 Å². The number of hydrogen-bond donors (Lipinski definition) is 2. The predicted molar refractivity (Wildman–Crippen MR) is 231 cm³/mol. The number of thiazole rings is 1. The molecule has 3 aliphatic rings. The van der Waals surface area contributed by atoms with Crippen LogP contribution in [0.1, 0.15) is 89.4 Å². The summed E-state index contributed by atoms with van der Waals surface area (Å²) in [6, 6.07) is 4.37. The highest BCUT2D eigenvalue weighted by Crippen LogP contribution is 2.46. The van der Waals surface area contributed by atoms with Gasteiger partial charge in [-0.15, -0.1) is 11.3 Å². The van der Waals surface area contributed by atoms with E-state index in [1.54, 1.807) is 19.5 Å². The van der Waals surface area contributed by atoms with Crippen LogP contribution < -0.4 is 10.7 Å². The van der Waals surface area contributed by atoms with Gasteiger partial charge in [0.05, 0.1) is 42.5 Å². The summed E-state index contributed by atoms with van der Waals surface area (Å²) < 4.78 is 26.3. The molecule has 4 aromatic rings. The van der Waals surface area contributed by atoms with Crippen molar-refractivity contribution in [2.24, 2.45) is 28.2 Å². The number of nitrogens with zero attached hydrogens (tertiary/aromatic N) is 5. The Kier molecular flexibility index (Phi) is 12.9. The zero-order valence-corrected chi connectivity index (χ0v) is 36.6. The molecular formula is C45H57N7O7S. The molecule has 14 nitrogen and oxygen atoms in total. The van der Waals surface area contributed by atoms with E-state index >= 15 is 0 Å². The van der Waals surface area contributed by atoms with Gasteiger partial charge >= 0.3 is 5.97 Å².